The second-order valence-corrected chi connectivity index (χ2v) is 2.67. The van der Waals surface area contributed by atoms with Gasteiger partial charge in [0.15, 0.2) is 0 Å². The smallest absolute Gasteiger partial charge is 0.0158 e. The zero-order valence-corrected chi connectivity index (χ0v) is 6.06. The lowest BCUT2D eigenvalue weighted by atomic mass is 10.1. The maximum Gasteiger partial charge on any atom is -0.0158 e. The van der Waals surface area contributed by atoms with Crippen LogP contribution in [-0.2, 0) is 0 Å². The highest BCUT2D eigenvalue weighted by atomic mass is 14.1. The van der Waals surface area contributed by atoms with Gasteiger partial charge in [-0.3, -0.25) is 0 Å². The minimum absolute atomic E-state index is 0.848. The lowest BCUT2D eigenvalue weighted by Gasteiger charge is -1.94. The maximum absolute atomic E-state index is 3.14. The second-order valence-electron chi connectivity index (χ2n) is 2.67. The molecule has 0 aromatic carbocycles. The molecule has 50 valence electrons. The number of hydrogen-bond donors (Lipinski definition) is 0. The summed E-state index contributed by atoms with van der Waals surface area (Å²) in [4.78, 5) is 0. The average Bonchev–Trinajstić information content (AvgIpc) is 2.34. The van der Waals surface area contributed by atoms with Crippen LogP contribution in [0.5, 0.6) is 0 Å². The zero-order chi connectivity index (χ0) is 6.53. The molecule has 0 unspecified atom stereocenters. The van der Waals surface area contributed by atoms with E-state index in [4.69, 9.17) is 0 Å². The summed E-state index contributed by atoms with van der Waals surface area (Å²) >= 11 is 0. The molecule has 0 bridgehead atoms. The van der Waals surface area contributed by atoms with Crippen molar-refractivity contribution in [1.29, 1.82) is 0 Å². The first kappa shape index (κ1) is 6.64. The molecule has 1 fully saturated rings. The fourth-order valence-electron chi connectivity index (χ4n) is 1.36. The van der Waals surface area contributed by atoms with E-state index in [0.29, 0.717) is 0 Å². The highest BCUT2D eigenvalue weighted by Gasteiger charge is 2.10. The third kappa shape index (κ3) is 2.07. The first-order valence-electron chi connectivity index (χ1n) is 3.80. The lowest BCUT2D eigenvalue weighted by molar-refractivity contribution is 0.687. The first-order chi connectivity index (χ1) is 4.43. The molecule has 0 radical (unpaired) electrons. The van der Waals surface area contributed by atoms with Gasteiger partial charge in [0.25, 0.3) is 0 Å². The van der Waals surface area contributed by atoms with Crippen molar-refractivity contribution in [2.75, 3.05) is 0 Å². The Balaban J connectivity index is 2.34. The molecule has 0 saturated heterocycles. The van der Waals surface area contributed by atoms with Gasteiger partial charge in [0.2, 0.25) is 0 Å². The lowest BCUT2D eigenvalue weighted by Crippen LogP contribution is -1.82. The fourth-order valence-corrected chi connectivity index (χ4v) is 1.36. The van der Waals surface area contributed by atoms with Crippen LogP contribution in [0, 0.1) is 5.92 Å². The van der Waals surface area contributed by atoms with E-state index in [2.05, 4.69) is 11.8 Å². The molecule has 0 amide bonds. The van der Waals surface area contributed by atoms with Gasteiger partial charge in [-0.25, -0.2) is 0 Å². The van der Waals surface area contributed by atoms with Gasteiger partial charge >= 0.3 is 0 Å². The van der Waals surface area contributed by atoms with Gasteiger partial charge in [0.1, 0.15) is 0 Å². The van der Waals surface area contributed by atoms with E-state index in [9.17, 15) is 0 Å². The summed E-state index contributed by atoms with van der Waals surface area (Å²) in [7, 11) is 0. The Morgan fingerprint density at radius 3 is 2.56 bits per heavy atom. The zero-order valence-electron chi connectivity index (χ0n) is 6.06. The third-order valence-corrected chi connectivity index (χ3v) is 1.90. The summed E-state index contributed by atoms with van der Waals surface area (Å²) in [6.45, 7) is 2.02. The van der Waals surface area contributed by atoms with E-state index in [-0.39, 0.29) is 0 Å². The van der Waals surface area contributed by atoms with E-state index in [0.717, 1.165) is 5.92 Å². The Morgan fingerprint density at radius 2 is 2.00 bits per heavy atom. The minimum atomic E-state index is 0.848. The maximum atomic E-state index is 3.14. The van der Waals surface area contributed by atoms with Gasteiger partial charge in [-0.15, -0.1) is 5.73 Å². The summed E-state index contributed by atoms with van der Waals surface area (Å²) in [5.74, 6) is 0.848. The normalized spacial score (nSPS) is 19.2. The highest BCUT2D eigenvalue weighted by molar-refractivity contribution is 4.90. The Bertz CT molecular complexity index is 121. The van der Waals surface area contributed by atoms with Crippen molar-refractivity contribution in [1.82, 2.24) is 0 Å². The van der Waals surface area contributed by atoms with E-state index >= 15 is 0 Å². The number of rotatable bonds is 1. The van der Waals surface area contributed by atoms with Crippen molar-refractivity contribution in [3.63, 3.8) is 0 Å². The quantitative estimate of drug-likeness (QED) is 0.469. The predicted octanol–water partition coefficient (Wildman–Crippen LogP) is 2.91. The van der Waals surface area contributed by atoms with Gasteiger partial charge in [-0.05, 0) is 37.8 Å². The Kier molecular flexibility index (Phi) is 2.60. The minimum Gasteiger partial charge on any atom is -0.130 e. The molecule has 0 aromatic heterocycles. The van der Waals surface area contributed by atoms with Gasteiger partial charge in [0.05, 0.1) is 0 Å². The van der Waals surface area contributed by atoms with Crippen LogP contribution in [0.1, 0.15) is 32.6 Å². The molecule has 1 rings (SSSR count). The van der Waals surface area contributed by atoms with Crippen LogP contribution in [0.15, 0.2) is 17.9 Å². The van der Waals surface area contributed by atoms with Gasteiger partial charge in [0, 0.05) is 0 Å². The van der Waals surface area contributed by atoms with E-state index < -0.39 is 0 Å². The molecule has 0 N–H and O–H groups in total. The van der Waals surface area contributed by atoms with Crippen molar-refractivity contribution in [3.05, 3.63) is 17.9 Å². The average molecular weight is 122 g/mol. The van der Waals surface area contributed by atoms with Crippen LogP contribution in [-0.4, -0.2) is 0 Å². The van der Waals surface area contributed by atoms with Crippen LogP contribution in [0.25, 0.3) is 0 Å². The van der Waals surface area contributed by atoms with Gasteiger partial charge in [-0.1, -0.05) is 12.8 Å². The standard InChI is InChI=1S/C9H14/c1-2-3-6-9-7-4-5-8-9/h2,6,9H,4-5,7-8H2,1H3. The van der Waals surface area contributed by atoms with Crippen LogP contribution in [0.2, 0.25) is 0 Å². The molecule has 1 aliphatic carbocycles. The molecule has 0 atom stereocenters. The van der Waals surface area contributed by atoms with Gasteiger partial charge < -0.3 is 0 Å². The van der Waals surface area contributed by atoms with Crippen LogP contribution in [0.4, 0.5) is 0 Å². The fraction of sp³-hybridized carbons (Fsp3) is 0.667. The monoisotopic (exact) mass is 122 g/mol. The van der Waals surface area contributed by atoms with Crippen molar-refractivity contribution >= 4 is 0 Å². The Labute approximate surface area is 57.3 Å². The summed E-state index contributed by atoms with van der Waals surface area (Å²) in [5.41, 5.74) is 3.14. The SMILES string of the molecule is CC=C=CC1CCCC1. The number of hydrogen-bond acceptors (Lipinski definition) is 0. The largest absolute Gasteiger partial charge is 0.130 e. The first-order valence-corrected chi connectivity index (χ1v) is 3.80. The van der Waals surface area contributed by atoms with Crippen molar-refractivity contribution < 1.29 is 0 Å². The molecule has 0 nitrogen and oxygen atoms in total. The molecule has 0 aromatic rings. The second kappa shape index (κ2) is 3.53. The topological polar surface area (TPSA) is 0 Å². The molecule has 0 spiro atoms. The highest BCUT2D eigenvalue weighted by Crippen LogP contribution is 2.24. The molecule has 1 aliphatic rings. The Morgan fingerprint density at radius 1 is 1.33 bits per heavy atom. The van der Waals surface area contributed by atoms with Crippen LogP contribution in [0.3, 0.4) is 0 Å². The summed E-state index contributed by atoms with van der Waals surface area (Å²) < 4.78 is 0. The summed E-state index contributed by atoms with van der Waals surface area (Å²) in [5, 5.41) is 0. The van der Waals surface area contributed by atoms with Crippen molar-refractivity contribution in [2.24, 2.45) is 5.92 Å². The van der Waals surface area contributed by atoms with Crippen LogP contribution < -0.4 is 0 Å². The summed E-state index contributed by atoms with van der Waals surface area (Å²) in [6.07, 6.45) is 9.83. The molecule has 0 aliphatic heterocycles. The van der Waals surface area contributed by atoms with Gasteiger partial charge in [-0.2, -0.15) is 0 Å². The van der Waals surface area contributed by atoms with E-state index in [1.807, 2.05) is 13.0 Å². The number of allylic oxidation sites excluding steroid dienone is 1. The third-order valence-electron chi connectivity index (χ3n) is 1.90. The molecular weight excluding hydrogens is 108 g/mol. The molecule has 0 heterocycles. The van der Waals surface area contributed by atoms with E-state index in [1.54, 1.807) is 0 Å². The Hall–Kier alpha value is -0.480. The molecule has 9 heavy (non-hydrogen) atoms. The summed E-state index contributed by atoms with van der Waals surface area (Å²) in [6, 6.07) is 0. The van der Waals surface area contributed by atoms with E-state index in [1.165, 1.54) is 25.7 Å². The molecule has 1 saturated carbocycles. The van der Waals surface area contributed by atoms with Crippen LogP contribution >= 0.6 is 0 Å². The molecular formula is C9H14. The van der Waals surface area contributed by atoms with Crippen molar-refractivity contribution in [2.45, 2.75) is 32.6 Å². The predicted molar refractivity (Wildman–Crippen MR) is 40.3 cm³/mol. The van der Waals surface area contributed by atoms with Crippen molar-refractivity contribution in [3.8, 4) is 0 Å². The molecule has 0 heteroatoms.